The number of thioether (sulfide) groups is 1. The van der Waals surface area contributed by atoms with Crippen LogP contribution in [-0.2, 0) is 20.6 Å². The average Bonchev–Trinajstić information content (AvgIpc) is 2.68. The van der Waals surface area contributed by atoms with Crippen LogP contribution in [-0.4, -0.2) is 14.3 Å². The molecule has 0 unspecified atom stereocenters. The van der Waals surface area contributed by atoms with Crippen molar-refractivity contribution in [2.75, 3.05) is 10.0 Å². The van der Waals surface area contributed by atoms with Crippen molar-refractivity contribution in [2.24, 2.45) is 0 Å². The molecule has 0 aliphatic heterocycles. The molecule has 0 fully saturated rings. The number of hydrogen-bond acceptors (Lipinski definition) is 4. The highest BCUT2D eigenvalue weighted by Crippen LogP contribution is 2.24. The monoisotopic (exact) mass is 412 g/mol. The van der Waals surface area contributed by atoms with Crippen LogP contribution in [0.2, 0.25) is 0 Å². The lowest BCUT2D eigenvalue weighted by Crippen LogP contribution is -2.13. The number of sulfonamides is 1. The predicted octanol–water partition coefficient (Wildman–Crippen LogP) is 4.74. The van der Waals surface area contributed by atoms with Gasteiger partial charge in [-0.25, -0.2) is 8.42 Å². The van der Waals surface area contributed by atoms with Gasteiger partial charge in [0.25, 0.3) is 10.0 Å². The highest BCUT2D eigenvalue weighted by atomic mass is 32.2. The lowest BCUT2D eigenvalue weighted by atomic mass is 10.2. The fourth-order valence-electron chi connectivity index (χ4n) is 2.49. The molecule has 0 spiro atoms. The molecule has 0 atom stereocenters. The van der Waals surface area contributed by atoms with Crippen LogP contribution in [0.25, 0.3) is 0 Å². The molecule has 7 heteroatoms. The standard InChI is InChI=1S/C21H20N2O3S2/c1-16(24)22-18-11-13-21(14-12-18)28(25,26)23-19-9-7-17(8-10-19)15-27-20-5-3-2-4-6-20/h2-14,23H,15H2,1H3,(H,22,24). The van der Waals surface area contributed by atoms with Crippen LogP contribution in [0.15, 0.2) is 88.7 Å². The Morgan fingerprint density at radius 1 is 0.857 bits per heavy atom. The summed E-state index contributed by atoms with van der Waals surface area (Å²) in [4.78, 5) is 12.4. The van der Waals surface area contributed by atoms with Crippen LogP contribution in [0.1, 0.15) is 12.5 Å². The van der Waals surface area contributed by atoms with E-state index >= 15 is 0 Å². The third-order valence-corrected chi connectivity index (χ3v) is 6.32. The van der Waals surface area contributed by atoms with Crippen molar-refractivity contribution in [1.29, 1.82) is 0 Å². The zero-order valence-electron chi connectivity index (χ0n) is 15.3. The molecular weight excluding hydrogens is 392 g/mol. The molecule has 0 heterocycles. The van der Waals surface area contributed by atoms with Crippen LogP contribution in [0.5, 0.6) is 0 Å². The summed E-state index contributed by atoms with van der Waals surface area (Å²) >= 11 is 1.73. The minimum atomic E-state index is -3.69. The topological polar surface area (TPSA) is 75.3 Å². The quantitative estimate of drug-likeness (QED) is 0.550. The number of anilines is 2. The summed E-state index contributed by atoms with van der Waals surface area (Å²) in [7, 11) is -3.69. The van der Waals surface area contributed by atoms with Crippen molar-refractivity contribution in [1.82, 2.24) is 0 Å². The van der Waals surface area contributed by atoms with E-state index in [1.54, 1.807) is 36.0 Å². The van der Waals surface area contributed by atoms with Crippen molar-refractivity contribution in [3.63, 3.8) is 0 Å². The van der Waals surface area contributed by atoms with E-state index < -0.39 is 10.0 Å². The molecular formula is C21H20N2O3S2. The van der Waals surface area contributed by atoms with Gasteiger partial charge in [0.2, 0.25) is 5.91 Å². The molecule has 3 aromatic carbocycles. The summed E-state index contributed by atoms with van der Waals surface area (Å²) in [6, 6.07) is 23.5. The summed E-state index contributed by atoms with van der Waals surface area (Å²) in [5.41, 5.74) is 2.16. The van der Waals surface area contributed by atoms with E-state index in [2.05, 4.69) is 22.2 Å². The zero-order chi connectivity index (χ0) is 20.0. The maximum Gasteiger partial charge on any atom is 0.261 e. The Balaban J connectivity index is 1.63. The average molecular weight is 413 g/mol. The van der Waals surface area contributed by atoms with Crippen LogP contribution < -0.4 is 10.0 Å². The Labute approximate surface area is 169 Å². The molecule has 0 aliphatic rings. The Kier molecular flexibility index (Phi) is 6.38. The molecule has 0 saturated heterocycles. The molecule has 0 radical (unpaired) electrons. The van der Waals surface area contributed by atoms with Crippen LogP contribution in [0.3, 0.4) is 0 Å². The van der Waals surface area contributed by atoms with E-state index in [0.717, 1.165) is 11.3 Å². The van der Waals surface area contributed by atoms with Crippen molar-refractivity contribution < 1.29 is 13.2 Å². The smallest absolute Gasteiger partial charge is 0.261 e. The third kappa shape index (κ3) is 5.61. The van der Waals surface area contributed by atoms with Gasteiger partial charge in [-0.1, -0.05) is 30.3 Å². The number of carbonyl (C=O) groups excluding carboxylic acids is 1. The molecule has 1 amide bonds. The van der Waals surface area contributed by atoms with Gasteiger partial charge < -0.3 is 5.32 Å². The van der Waals surface area contributed by atoms with Gasteiger partial charge in [0.15, 0.2) is 0 Å². The second kappa shape index (κ2) is 8.95. The zero-order valence-corrected chi connectivity index (χ0v) is 16.9. The number of rotatable bonds is 7. The van der Waals surface area contributed by atoms with Gasteiger partial charge in [0, 0.05) is 28.9 Å². The van der Waals surface area contributed by atoms with E-state index in [1.165, 1.54) is 24.0 Å². The van der Waals surface area contributed by atoms with Crippen molar-refractivity contribution >= 4 is 39.1 Å². The molecule has 3 aromatic rings. The van der Waals surface area contributed by atoms with Gasteiger partial charge in [-0.2, -0.15) is 0 Å². The summed E-state index contributed by atoms with van der Waals surface area (Å²) in [6.07, 6.45) is 0. The SMILES string of the molecule is CC(=O)Nc1ccc(S(=O)(=O)Nc2ccc(CSc3ccccc3)cc2)cc1. The number of carbonyl (C=O) groups is 1. The van der Waals surface area contributed by atoms with E-state index in [0.29, 0.717) is 11.4 Å². The van der Waals surface area contributed by atoms with E-state index in [1.807, 2.05) is 30.3 Å². The Hall–Kier alpha value is -2.77. The summed E-state index contributed by atoms with van der Waals surface area (Å²) in [5.74, 6) is 0.598. The second-order valence-electron chi connectivity index (χ2n) is 6.11. The molecule has 0 bridgehead atoms. The number of hydrogen-bond donors (Lipinski definition) is 2. The summed E-state index contributed by atoms with van der Waals surface area (Å²) in [5, 5.41) is 2.61. The van der Waals surface area contributed by atoms with Gasteiger partial charge >= 0.3 is 0 Å². The maximum absolute atomic E-state index is 12.5. The number of amides is 1. The molecule has 0 aliphatic carbocycles. The van der Waals surface area contributed by atoms with E-state index in [-0.39, 0.29) is 10.8 Å². The van der Waals surface area contributed by atoms with Gasteiger partial charge in [-0.3, -0.25) is 9.52 Å². The van der Waals surface area contributed by atoms with Gasteiger partial charge in [-0.15, -0.1) is 11.8 Å². The number of nitrogens with one attached hydrogen (secondary N) is 2. The molecule has 3 rings (SSSR count). The fourth-order valence-corrected chi connectivity index (χ4v) is 4.42. The first-order valence-corrected chi connectivity index (χ1v) is 11.1. The third-order valence-electron chi connectivity index (χ3n) is 3.84. The number of benzene rings is 3. The molecule has 0 aromatic heterocycles. The molecule has 2 N–H and O–H groups in total. The van der Waals surface area contributed by atoms with Crippen molar-refractivity contribution in [3.8, 4) is 0 Å². The van der Waals surface area contributed by atoms with Crippen LogP contribution in [0.4, 0.5) is 11.4 Å². The van der Waals surface area contributed by atoms with E-state index in [4.69, 9.17) is 0 Å². The molecule has 5 nitrogen and oxygen atoms in total. The minimum Gasteiger partial charge on any atom is -0.326 e. The molecule has 144 valence electrons. The predicted molar refractivity (Wildman–Crippen MR) is 114 cm³/mol. The minimum absolute atomic E-state index is 0.130. The Morgan fingerprint density at radius 3 is 2.07 bits per heavy atom. The fraction of sp³-hybridized carbons (Fsp3) is 0.0952. The van der Waals surface area contributed by atoms with Crippen molar-refractivity contribution in [3.05, 3.63) is 84.4 Å². The van der Waals surface area contributed by atoms with E-state index in [9.17, 15) is 13.2 Å². The Bertz CT molecular complexity index is 1030. The van der Waals surface area contributed by atoms with Gasteiger partial charge in [0.1, 0.15) is 0 Å². The first-order chi connectivity index (χ1) is 13.4. The Morgan fingerprint density at radius 2 is 1.46 bits per heavy atom. The summed E-state index contributed by atoms with van der Waals surface area (Å²) < 4.78 is 27.6. The highest BCUT2D eigenvalue weighted by Gasteiger charge is 2.14. The normalized spacial score (nSPS) is 11.0. The molecule has 0 saturated carbocycles. The lowest BCUT2D eigenvalue weighted by Gasteiger charge is -2.10. The van der Waals surface area contributed by atoms with Gasteiger partial charge in [-0.05, 0) is 54.1 Å². The summed E-state index contributed by atoms with van der Waals surface area (Å²) in [6.45, 7) is 1.40. The van der Waals surface area contributed by atoms with Crippen LogP contribution >= 0.6 is 11.8 Å². The second-order valence-corrected chi connectivity index (χ2v) is 8.84. The first kappa shape index (κ1) is 20.0. The van der Waals surface area contributed by atoms with Gasteiger partial charge in [0.05, 0.1) is 4.90 Å². The largest absolute Gasteiger partial charge is 0.326 e. The van der Waals surface area contributed by atoms with Crippen molar-refractivity contribution in [2.45, 2.75) is 22.5 Å². The first-order valence-electron chi connectivity index (χ1n) is 8.60. The highest BCUT2D eigenvalue weighted by molar-refractivity contribution is 7.98. The van der Waals surface area contributed by atoms with Crippen LogP contribution in [0, 0.1) is 0 Å². The lowest BCUT2D eigenvalue weighted by molar-refractivity contribution is -0.114. The maximum atomic E-state index is 12.5. The molecule has 28 heavy (non-hydrogen) atoms.